The number of carbonyl (C=O) groups excluding carboxylic acids is 3. The molecule has 0 aliphatic carbocycles. The number of nitrogens with zero attached hydrogens (tertiary/aromatic N) is 1. The minimum Gasteiger partial charge on any atom is -0.490 e. The average Bonchev–Trinajstić information content (AvgIpc) is 2.92. The number of imide groups is 1. The molecular weight excluding hydrogens is 398 g/mol. The van der Waals surface area contributed by atoms with Crippen molar-refractivity contribution in [2.75, 3.05) is 19.8 Å². The van der Waals surface area contributed by atoms with Crippen molar-refractivity contribution < 1.29 is 23.9 Å². The Morgan fingerprint density at radius 3 is 2.65 bits per heavy atom. The molecule has 0 saturated carbocycles. The van der Waals surface area contributed by atoms with Crippen molar-refractivity contribution in [1.29, 1.82) is 0 Å². The molecule has 0 spiro atoms. The molecular formula is C23H25N3O5. The maximum absolute atomic E-state index is 13.1. The van der Waals surface area contributed by atoms with Gasteiger partial charge in [0, 0.05) is 13.0 Å². The Labute approximate surface area is 180 Å². The van der Waals surface area contributed by atoms with E-state index in [0.29, 0.717) is 36.8 Å². The third-order valence-corrected chi connectivity index (χ3v) is 5.64. The second-order valence-electron chi connectivity index (χ2n) is 7.86. The second kappa shape index (κ2) is 8.29. The summed E-state index contributed by atoms with van der Waals surface area (Å²) in [7, 11) is 0. The van der Waals surface area contributed by atoms with Crippen LogP contribution in [0.5, 0.6) is 11.5 Å². The van der Waals surface area contributed by atoms with Crippen LogP contribution in [0.2, 0.25) is 0 Å². The van der Waals surface area contributed by atoms with E-state index in [0.717, 1.165) is 22.4 Å². The predicted octanol–water partition coefficient (Wildman–Crippen LogP) is 2.24. The van der Waals surface area contributed by atoms with Crippen LogP contribution in [-0.4, -0.2) is 42.5 Å². The van der Waals surface area contributed by atoms with Gasteiger partial charge in [0.1, 0.15) is 12.1 Å². The van der Waals surface area contributed by atoms with Crippen LogP contribution in [0, 0.1) is 6.92 Å². The van der Waals surface area contributed by atoms with Gasteiger partial charge in [-0.25, -0.2) is 4.79 Å². The number of aryl methyl sites for hydroxylation is 1. The Kier molecular flexibility index (Phi) is 5.54. The lowest BCUT2D eigenvalue weighted by Crippen LogP contribution is -2.43. The molecule has 2 aromatic carbocycles. The van der Waals surface area contributed by atoms with Crippen molar-refractivity contribution in [3.8, 4) is 11.5 Å². The summed E-state index contributed by atoms with van der Waals surface area (Å²) in [6.07, 6.45) is 0.766. The minimum absolute atomic E-state index is 0.328. The number of fused-ring (bicyclic) bond motifs is 1. The van der Waals surface area contributed by atoms with E-state index in [1.54, 1.807) is 25.1 Å². The SMILES string of the molecule is Cc1ccccc1CNC(=O)CN1C(=O)N[C@@](C)(c2ccc3c(c2)OCCCO3)C1=O. The zero-order valence-electron chi connectivity index (χ0n) is 17.6. The number of benzene rings is 2. The minimum atomic E-state index is -1.29. The summed E-state index contributed by atoms with van der Waals surface area (Å²) in [5, 5.41) is 5.49. The largest absolute Gasteiger partial charge is 0.490 e. The molecule has 0 bridgehead atoms. The van der Waals surface area contributed by atoms with Crippen LogP contribution in [0.25, 0.3) is 0 Å². The van der Waals surface area contributed by atoms with Gasteiger partial charge >= 0.3 is 6.03 Å². The molecule has 2 heterocycles. The Morgan fingerprint density at radius 2 is 1.87 bits per heavy atom. The van der Waals surface area contributed by atoms with E-state index in [-0.39, 0.29) is 6.54 Å². The lowest BCUT2D eigenvalue weighted by atomic mass is 9.91. The Bertz CT molecular complexity index is 1040. The lowest BCUT2D eigenvalue weighted by molar-refractivity contribution is -0.134. The van der Waals surface area contributed by atoms with E-state index in [2.05, 4.69) is 10.6 Å². The number of hydrogen-bond acceptors (Lipinski definition) is 5. The highest BCUT2D eigenvalue weighted by atomic mass is 16.5. The van der Waals surface area contributed by atoms with Crippen molar-refractivity contribution in [3.05, 3.63) is 59.2 Å². The van der Waals surface area contributed by atoms with Crippen LogP contribution in [-0.2, 0) is 21.7 Å². The molecule has 2 N–H and O–H groups in total. The van der Waals surface area contributed by atoms with Crippen LogP contribution in [0.3, 0.4) is 0 Å². The van der Waals surface area contributed by atoms with Crippen LogP contribution in [0.15, 0.2) is 42.5 Å². The average molecular weight is 423 g/mol. The van der Waals surface area contributed by atoms with Gasteiger partial charge < -0.3 is 20.1 Å². The van der Waals surface area contributed by atoms with Gasteiger partial charge in [-0.2, -0.15) is 0 Å². The number of amides is 4. The summed E-state index contributed by atoms with van der Waals surface area (Å²) < 4.78 is 11.3. The maximum atomic E-state index is 13.1. The Balaban J connectivity index is 1.46. The first-order valence-corrected chi connectivity index (χ1v) is 10.2. The topological polar surface area (TPSA) is 97.0 Å². The number of rotatable bonds is 5. The number of ether oxygens (including phenoxy) is 2. The van der Waals surface area contributed by atoms with Crippen molar-refractivity contribution in [2.24, 2.45) is 0 Å². The molecule has 4 rings (SSSR count). The first kappa shape index (κ1) is 20.7. The zero-order valence-corrected chi connectivity index (χ0v) is 17.6. The second-order valence-corrected chi connectivity index (χ2v) is 7.86. The number of urea groups is 1. The van der Waals surface area contributed by atoms with Crippen molar-refractivity contribution in [3.63, 3.8) is 0 Å². The Morgan fingerprint density at radius 1 is 1.13 bits per heavy atom. The fraction of sp³-hybridized carbons (Fsp3) is 0.348. The number of carbonyl (C=O) groups is 3. The molecule has 8 nitrogen and oxygen atoms in total. The standard InChI is InChI=1S/C23H25N3O5/c1-15-6-3-4-7-16(15)13-24-20(27)14-26-21(28)23(2,25-22(26)29)17-8-9-18-19(12-17)31-11-5-10-30-18/h3-4,6-9,12H,5,10-11,13-14H2,1-2H3,(H,24,27)(H,25,29)/t23-/m0/s1. The van der Waals surface area contributed by atoms with Gasteiger partial charge in [0.2, 0.25) is 5.91 Å². The molecule has 162 valence electrons. The first-order chi connectivity index (χ1) is 14.9. The molecule has 2 aliphatic heterocycles. The molecule has 8 heteroatoms. The molecule has 31 heavy (non-hydrogen) atoms. The number of hydrogen-bond donors (Lipinski definition) is 2. The summed E-state index contributed by atoms with van der Waals surface area (Å²) in [4.78, 5) is 39.0. The van der Waals surface area contributed by atoms with Crippen molar-refractivity contribution in [1.82, 2.24) is 15.5 Å². The summed E-state index contributed by atoms with van der Waals surface area (Å²) in [6.45, 7) is 4.63. The van der Waals surface area contributed by atoms with Gasteiger partial charge in [-0.1, -0.05) is 30.3 Å². The Hall–Kier alpha value is -3.55. The molecule has 2 aromatic rings. The van der Waals surface area contributed by atoms with E-state index in [4.69, 9.17) is 9.47 Å². The predicted molar refractivity (Wildman–Crippen MR) is 113 cm³/mol. The van der Waals surface area contributed by atoms with E-state index in [1.807, 2.05) is 31.2 Å². The van der Waals surface area contributed by atoms with E-state index < -0.39 is 23.4 Å². The normalized spacial score (nSPS) is 20.3. The summed E-state index contributed by atoms with van der Waals surface area (Å²) in [6, 6.07) is 12.3. The monoisotopic (exact) mass is 423 g/mol. The van der Waals surface area contributed by atoms with Gasteiger partial charge in [-0.3, -0.25) is 14.5 Å². The molecule has 4 amide bonds. The molecule has 0 radical (unpaired) electrons. The quantitative estimate of drug-likeness (QED) is 0.719. The summed E-state index contributed by atoms with van der Waals surface area (Å²) in [5.41, 5.74) is 1.31. The maximum Gasteiger partial charge on any atom is 0.325 e. The molecule has 0 unspecified atom stereocenters. The molecule has 1 saturated heterocycles. The third kappa shape index (κ3) is 4.05. The third-order valence-electron chi connectivity index (χ3n) is 5.64. The number of nitrogens with one attached hydrogen (secondary N) is 2. The molecule has 1 atom stereocenters. The van der Waals surface area contributed by atoms with Crippen molar-refractivity contribution >= 4 is 17.8 Å². The lowest BCUT2D eigenvalue weighted by Gasteiger charge is -2.23. The van der Waals surface area contributed by atoms with E-state index in [1.165, 1.54) is 0 Å². The fourth-order valence-electron chi connectivity index (χ4n) is 3.71. The van der Waals surface area contributed by atoms with Crippen LogP contribution in [0.1, 0.15) is 30.0 Å². The highest BCUT2D eigenvalue weighted by Crippen LogP contribution is 2.36. The van der Waals surface area contributed by atoms with Crippen LogP contribution < -0.4 is 20.1 Å². The summed E-state index contributed by atoms with van der Waals surface area (Å²) >= 11 is 0. The zero-order chi connectivity index (χ0) is 22.0. The first-order valence-electron chi connectivity index (χ1n) is 10.2. The molecule has 1 fully saturated rings. The van der Waals surface area contributed by atoms with E-state index >= 15 is 0 Å². The van der Waals surface area contributed by atoms with Crippen LogP contribution >= 0.6 is 0 Å². The molecule has 2 aliphatic rings. The van der Waals surface area contributed by atoms with Gasteiger partial charge in [-0.05, 0) is 42.7 Å². The highest BCUT2D eigenvalue weighted by molar-refractivity contribution is 6.09. The van der Waals surface area contributed by atoms with E-state index in [9.17, 15) is 14.4 Å². The van der Waals surface area contributed by atoms with Crippen LogP contribution in [0.4, 0.5) is 4.79 Å². The van der Waals surface area contributed by atoms with Gasteiger partial charge in [0.05, 0.1) is 13.2 Å². The van der Waals surface area contributed by atoms with Gasteiger partial charge in [0.25, 0.3) is 5.91 Å². The smallest absolute Gasteiger partial charge is 0.325 e. The molecule has 0 aromatic heterocycles. The highest BCUT2D eigenvalue weighted by Gasteiger charge is 2.49. The van der Waals surface area contributed by atoms with Gasteiger partial charge in [-0.15, -0.1) is 0 Å². The fourth-order valence-corrected chi connectivity index (χ4v) is 3.71. The van der Waals surface area contributed by atoms with Gasteiger partial charge in [0.15, 0.2) is 11.5 Å². The van der Waals surface area contributed by atoms with Crippen molar-refractivity contribution in [2.45, 2.75) is 32.4 Å². The summed E-state index contributed by atoms with van der Waals surface area (Å²) in [5.74, 6) is 0.245.